The number of fused-ring (bicyclic) bond motifs is 1. The van der Waals surface area contributed by atoms with Crippen LogP contribution in [-0.4, -0.2) is 36.1 Å². The minimum absolute atomic E-state index is 0.0300. The highest BCUT2D eigenvalue weighted by atomic mass is 16.5. The Morgan fingerprint density at radius 2 is 2.05 bits per heavy atom. The lowest BCUT2D eigenvalue weighted by atomic mass is 9.88. The summed E-state index contributed by atoms with van der Waals surface area (Å²) >= 11 is 0. The average molecular weight is 292 g/mol. The van der Waals surface area contributed by atoms with Crippen molar-refractivity contribution in [1.29, 1.82) is 0 Å². The van der Waals surface area contributed by atoms with Crippen molar-refractivity contribution in [3.05, 3.63) is 29.8 Å². The van der Waals surface area contributed by atoms with Crippen LogP contribution in [0, 0.1) is 0 Å². The summed E-state index contributed by atoms with van der Waals surface area (Å²) in [5.74, 6) is -0.845. The van der Waals surface area contributed by atoms with Gasteiger partial charge in [-0.25, -0.2) is 0 Å². The fourth-order valence-electron chi connectivity index (χ4n) is 2.26. The van der Waals surface area contributed by atoms with Crippen LogP contribution in [0.25, 0.3) is 0 Å². The van der Waals surface area contributed by atoms with Gasteiger partial charge in [0.15, 0.2) is 0 Å². The molecule has 0 spiro atoms. The second-order valence-electron chi connectivity index (χ2n) is 5.44. The summed E-state index contributed by atoms with van der Waals surface area (Å²) in [4.78, 5) is 23.3. The average Bonchev–Trinajstić information content (AvgIpc) is 2.45. The highest BCUT2D eigenvalue weighted by Crippen LogP contribution is 2.36. The van der Waals surface area contributed by atoms with Crippen LogP contribution >= 0.6 is 0 Å². The third-order valence-electron chi connectivity index (χ3n) is 3.33. The Kier molecular flexibility index (Phi) is 4.47. The van der Waals surface area contributed by atoms with E-state index in [1.807, 2.05) is 6.07 Å². The van der Waals surface area contributed by atoms with Crippen molar-refractivity contribution >= 4 is 11.8 Å². The Bertz CT molecular complexity index is 544. The summed E-state index contributed by atoms with van der Waals surface area (Å²) in [6, 6.07) is 7.03. The first kappa shape index (κ1) is 15.3. The molecule has 0 bridgehead atoms. The molecule has 6 nitrogen and oxygen atoms in total. The summed E-state index contributed by atoms with van der Waals surface area (Å²) in [5.41, 5.74) is -0.594. The smallest absolute Gasteiger partial charge is 0.309 e. The summed E-state index contributed by atoms with van der Waals surface area (Å²) in [5, 5.41) is 15.7. The highest BCUT2D eigenvalue weighted by molar-refractivity contribution is 6.35. The fourth-order valence-corrected chi connectivity index (χ4v) is 2.26. The maximum atomic E-state index is 11.7. The standard InChI is InChI=1S/C15H20N2O4/c1-10(2)17-14(19)13(18)16-9-15(20)7-8-21-12-6-4-3-5-11(12)15/h3-6,10,20H,7-9H2,1-2H3,(H,16,18)(H,17,19). The van der Waals surface area contributed by atoms with E-state index in [1.54, 1.807) is 32.0 Å². The minimum atomic E-state index is -1.22. The number of ether oxygens (including phenoxy) is 1. The molecule has 114 valence electrons. The fraction of sp³-hybridized carbons (Fsp3) is 0.467. The molecule has 0 saturated heterocycles. The van der Waals surface area contributed by atoms with Gasteiger partial charge in [0.05, 0.1) is 13.2 Å². The molecule has 0 fully saturated rings. The lowest BCUT2D eigenvalue weighted by Gasteiger charge is -2.34. The minimum Gasteiger partial charge on any atom is -0.493 e. The number of hydrogen-bond acceptors (Lipinski definition) is 4. The number of hydrogen-bond donors (Lipinski definition) is 3. The number of benzene rings is 1. The Hall–Kier alpha value is -2.08. The third-order valence-corrected chi connectivity index (χ3v) is 3.33. The van der Waals surface area contributed by atoms with Crippen LogP contribution in [0.3, 0.4) is 0 Å². The van der Waals surface area contributed by atoms with E-state index in [-0.39, 0.29) is 12.6 Å². The van der Waals surface area contributed by atoms with Crippen LogP contribution in [-0.2, 0) is 15.2 Å². The second kappa shape index (κ2) is 6.13. The number of para-hydroxylation sites is 1. The molecule has 1 aromatic rings. The lowest BCUT2D eigenvalue weighted by Crippen LogP contribution is -2.49. The van der Waals surface area contributed by atoms with Gasteiger partial charge in [-0.1, -0.05) is 18.2 Å². The van der Waals surface area contributed by atoms with Crippen LogP contribution in [0.2, 0.25) is 0 Å². The molecule has 0 aromatic heterocycles. The van der Waals surface area contributed by atoms with Gasteiger partial charge in [0.2, 0.25) is 0 Å². The largest absolute Gasteiger partial charge is 0.493 e. The molecule has 0 radical (unpaired) electrons. The molecule has 3 N–H and O–H groups in total. The van der Waals surface area contributed by atoms with Crippen molar-refractivity contribution in [2.45, 2.75) is 31.9 Å². The molecule has 6 heteroatoms. The van der Waals surface area contributed by atoms with Crippen molar-refractivity contribution in [3.8, 4) is 5.75 Å². The number of carbonyl (C=O) groups excluding carboxylic acids is 2. The van der Waals surface area contributed by atoms with E-state index < -0.39 is 17.4 Å². The SMILES string of the molecule is CC(C)NC(=O)C(=O)NCC1(O)CCOc2ccccc21. The van der Waals surface area contributed by atoms with Gasteiger partial charge in [-0.2, -0.15) is 0 Å². The quantitative estimate of drug-likeness (QED) is 0.699. The van der Waals surface area contributed by atoms with E-state index in [9.17, 15) is 14.7 Å². The van der Waals surface area contributed by atoms with Gasteiger partial charge in [0, 0.05) is 18.0 Å². The molecule has 2 amide bonds. The molecule has 1 unspecified atom stereocenters. The zero-order valence-electron chi connectivity index (χ0n) is 12.2. The van der Waals surface area contributed by atoms with Crippen LogP contribution in [0.4, 0.5) is 0 Å². The van der Waals surface area contributed by atoms with E-state index >= 15 is 0 Å². The molecule has 0 aliphatic carbocycles. The molecule has 21 heavy (non-hydrogen) atoms. The Morgan fingerprint density at radius 1 is 1.33 bits per heavy atom. The normalized spacial score (nSPS) is 20.4. The molecular weight excluding hydrogens is 272 g/mol. The van der Waals surface area contributed by atoms with Crippen molar-refractivity contribution in [3.63, 3.8) is 0 Å². The maximum Gasteiger partial charge on any atom is 0.309 e. The zero-order chi connectivity index (χ0) is 15.5. The zero-order valence-corrected chi connectivity index (χ0v) is 12.2. The molecule has 1 aromatic carbocycles. The van der Waals surface area contributed by atoms with E-state index in [4.69, 9.17) is 4.74 Å². The predicted octanol–water partition coefficient (Wildman–Crippen LogP) is 0.298. The Balaban J connectivity index is 2.03. The van der Waals surface area contributed by atoms with Gasteiger partial charge in [-0.3, -0.25) is 9.59 Å². The Labute approximate surface area is 123 Å². The van der Waals surface area contributed by atoms with Crippen molar-refractivity contribution in [2.75, 3.05) is 13.2 Å². The third kappa shape index (κ3) is 3.52. The first-order valence-corrected chi connectivity index (χ1v) is 6.96. The van der Waals surface area contributed by atoms with Crippen LogP contribution in [0.5, 0.6) is 5.75 Å². The predicted molar refractivity (Wildman–Crippen MR) is 76.7 cm³/mol. The van der Waals surface area contributed by atoms with E-state index in [1.165, 1.54) is 0 Å². The molecule has 1 aliphatic heterocycles. The molecule has 2 rings (SSSR count). The number of nitrogens with one attached hydrogen (secondary N) is 2. The number of amides is 2. The van der Waals surface area contributed by atoms with E-state index in [2.05, 4.69) is 10.6 Å². The van der Waals surface area contributed by atoms with Gasteiger partial charge in [0.1, 0.15) is 11.4 Å². The first-order chi connectivity index (χ1) is 9.92. The molecule has 1 atom stereocenters. The number of rotatable bonds is 3. The molecule has 0 saturated carbocycles. The summed E-state index contributed by atoms with van der Waals surface area (Å²) < 4.78 is 5.47. The summed E-state index contributed by atoms with van der Waals surface area (Å²) in [6.07, 6.45) is 0.357. The van der Waals surface area contributed by atoms with Gasteiger partial charge in [-0.05, 0) is 19.9 Å². The topological polar surface area (TPSA) is 87.7 Å². The van der Waals surface area contributed by atoms with E-state index in [0.717, 1.165) is 0 Å². The first-order valence-electron chi connectivity index (χ1n) is 6.96. The van der Waals surface area contributed by atoms with Crippen molar-refractivity contribution < 1.29 is 19.4 Å². The lowest BCUT2D eigenvalue weighted by molar-refractivity contribution is -0.140. The van der Waals surface area contributed by atoms with Gasteiger partial charge < -0.3 is 20.5 Å². The van der Waals surface area contributed by atoms with Crippen molar-refractivity contribution in [1.82, 2.24) is 10.6 Å². The Morgan fingerprint density at radius 3 is 2.76 bits per heavy atom. The number of carbonyl (C=O) groups is 2. The van der Waals surface area contributed by atoms with Crippen LogP contribution in [0.15, 0.2) is 24.3 Å². The van der Waals surface area contributed by atoms with Gasteiger partial charge in [-0.15, -0.1) is 0 Å². The molecular formula is C15H20N2O4. The number of aliphatic hydroxyl groups is 1. The molecule has 1 aliphatic rings. The van der Waals surface area contributed by atoms with Crippen LogP contribution < -0.4 is 15.4 Å². The maximum absolute atomic E-state index is 11.7. The summed E-state index contributed by atoms with van der Waals surface area (Å²) in [6.45, 7) is 3.88. The van der Waals surface area contributed by atoms with Gasteiger partial charge in [0.25, 0.3) is 0 Å². The van der Waals surface area contributed by atoms with Crippen LogP contribution in [0.1, 0.15) is 25.8 Å². The van der Waals surface area contributed by atoms with Gasteiger partial charge >= 0.3 is 11.8 Å². The molecule has 1 heterocycles. The highest BCUT2D eigenvalue weighted by Gasteiger charge is 2.36. The van der Waals surface area contributed by atoms with E-state index in [0.29, 0.717) is 24.3 Å². The second-order valence-corrected chi connectivity index (χ2v) is 5.44. The summed E-state index contributed by atoms with van der Waals surface area (Å²) in [7, 11) is 0. The van der Waals surface area contributed by atoms with Crippen molar-refractivity contribution in [2.24, 2.45) is 0 Å². The monoisotopic (exact) mass is 292 g/mol.